The molecule has 0 saturated heterocycles. The number of para-hydroxylation sites is 2. The highest BCUT2D eigenvalue weighted by Gasteiger charge is 2.39. The number of nitrogens with zero attached hydrogens (tertiary/aromatic N) is 1. The van der Waals surface area contributed by atoms with E-state index in [0.29, 0.717) is 54.7 Å². The van der Waals surface area contributed by atoms with Gasteiger partial charge in [0, 0.05) is 25.8 Å². The van der Waals surface area contributed by atoms with E-state index in [2.05, 4.69) is 5.32 Å². The highest BCUT2D eigenvalue weighted by Crippen LogP contribution is 2.35. The van der Waals surface area contributed by atoms with Crippen LogP contribution in [0.2, 0.25) is 0 Å². The third kappa shape index (κ3) is 7.15. The molecule has 0 bridgehead atoms. The van der Waals surface area contributed by atoms with E-state index in [1.165, 1.54) is 6.42 Å². The molecular weight excluding hydrogens is 500 g/mol. The van der Waals surface area contributed by atoms with Gasteiger partial charge in [-0.15, -0.1) is 0 Å². The predicted octanol–water partition coefficient (Wildman–Crippen LogP) is 4.29. The van der Waals surface area contributed by atoms with Crippen molar-refractivity contribution >= 4 is 11.8 Å². The van der Waals surface area contributed by atoms with Crippen LogP contribution in [0.1, 0.15) is 57.1 Å². The Kier molecular flexibility index (Phi) is 10.3. The van der Waals surface area contributed by atoms with Crippen LogP contribution in [0.15, 0.2) is 42.5 Å². The average Bonchev–Trinajstić information content (AvgIpc) is 2.98. The molecule has 2 atom stereocenters. The third-order valence-corrected chi connectivity index (χ3v) is 7.19. The van der Waals surface area contributed by atoms with Crippen molar-refractivity contribution in [2.75, 3.05) is 40.6 Å². The van der Waals surface area contributed by atoms with Gasteiger partial charge in [-0.05, 0) is 56.0 Å². The first-order valence-corrected chi connectivity index (χ1v) is 13.8. The van der Waals surface area contributed by atoms with Gasteiger partial charge in [-0.1, -0.05) is 37.5 Å². The van der Waals surface area contributed by atoms with Gasteiger partial charge in [0.2, 0.25) is 12.0 Å². The van der Waals surface area contributed by atoms with Crippen molar-refractivity contribution in [1.29, 1.82) is 0 Å². The second-order valence-electron chi connectivity index (χ2n) is 9.81. The van der Waals surface area contributed by atoms with E-state index in [1.807, 2.05) is 25.1 Å². The molecule has 2 aromatic carbocycles. The van der Waals surface area contributed by atoms with Gasteiger partial charge in [0.1, 0.15) is 12.6 Å². The lowest BCUT2D eigenvalue weighted by Crippen LogP contribution is -2.52. The Morgan fingerprint density at radius 3 is 2.49 bits per heavy atom. The van der Waals surface area contributed by atoms with Crippen molar-refractivity contribution in [3.63, 3.8) is 0 Å². The standard InChI is InChI=1S/C30H40N2O7/c1-4-37-18-10-17-32(30(34)27-20-38-24-13-8-9-14-25(24)39-27)28(29(33)31-22-11-6-5-7-12-22)21-15-16-23(35-2)26(19-21)36-3/h8-9,13-16,19,22,27-28H,4-7,10-12,17-18,20H2,1-3H3,(H,31,33)/t27-,28+/m1/s1. The Hall–Kier alpha value is -3.46. The minimum Gasteiger partial charge on any atom is -0.493 e. The number of nitrogens with one attached hydrogen (secondary N) is 1. The monoisotopic (exact) mass is 540 g/mol. The highest BCUT2D eigenvalue weighted by atomic mass is 16.6. The summed E-state index contributed by atoms with van der Waals surface area (Å²) in [7, 11) is 3.11. The van der Waals surface area contributed by atoms with Crippen molar-refractivity contribution in [3.8, 4) is 23.0 Å². The molecule has 0 unspecified atom stereocenters. The number of hydrogen-bond acceptors (Lipinski definition) is 7. The topological polar surface area (TPSA) is 95.6 Å². The number of methoxy groups -OCH3 is 2. The van der Waals surface area contributed by atoms with Crippen LogP contribution in [0.4, 0.5) is 0 Å². The number of amides is 2. The molecule has 212 valence electrons. The van der Waals surface area contributed by atoms with Gasteiger partial charge in [-0.3, -0.25) is 9.59 Å². The number of carbonyl (C=O) groups excluding carboxylic acids is 2. The second-order valence-corrected chi connectivity index (χ2v) is 9.81. The number of ether oxygens (including phenoxy) is 5. The Morgan fingerprint density at radius 2 is 1.77 bits per heavy atom. The molecule has 2 aliphatic rings. The molecule has 1 fully saturated rings. The SMILES string of the molecule is CCOCCCN(C(=O)[C@H]1COc2ccccc2O1)[C@H](C(=O)NC1CCCCC1)c1ccc(OC)c(OC)c1. The maximum Gasteiger partial charge on any atom is 0.268 e. The van der Waals surface area contributed by atoms with Crippen molar-refractivity contribution in [2.24, 2.45) is 0 Å². The van der Waals surface area contributed by atoms with Crippen LogP contribution in [0, 0.1) is 0 Å². The van der Waals surface area contributed by atoms with Gasteiger partial charge >= 0.3 is 0 Å². The van der Waals surface area contributed by atoms with E-state index in [1.54, 1.807) is 43.4 Å². The van der Waals surface area contributed by atoms with Gasteiger partial charge < -0.3 is 33.9 Å². The van der Waals surface area contributed by atoms with Gasteiger partial charge in [0.15, 0.2) is 23.0 Å². The number of hydrogen-bond donors (Lipinski definition) is 1. The largest absolute Gasteiger partial charge is 0.493 e. The quantitative estimate of drug-likeness (QED) is 0.401. The molecule has 0 radical (unpaired) electrons. The zero-order valence-corrected chi connectivity index (χ0v) is 23.1. The maximum atomic E-state index is 14.1. The van der Waals surface area contributed by atoms with Crippen LogP contribution in [0.5, 0.6) is 23.0 Å². The number of rotatable bonds is 12. The maximum absolute atomic E-state index is 14.1. The van der Waals surface area contributed by atoms with Crippen molar-refractivity contribution in [3.05, 3.63) is 48.0 Å². The molecule has 9 heteroatoms. The van der Waals surface area contributed by atoms with Gasteiger partial charge in [-0.2, -0.15) is 0 Å². The first kappa shape index (κ1) is 28.5. The summed E-state index contributed by atoms with van der Waals surface area (Å²) in [5.74, 6) is 1.58. The van der Waals surface area contributed by atoms with Gasteiger partial charge in [-0.25, -0.2) is 0 Å². The van der Waals surface area contributed by atoms with Crippen molar-refractivity contribution in [2.45, 2.75) is 63.6 Å². The summed E-state index contributed by atoms with van der Waals surface area (Å²) in [6.45, 7) is 3.33. The summed E-state index contributed by atoms with van der Waals surface area (Å²) in [5, 5.41) is 3.23. The lowest BCUT2D eigenvalue weighted by Gasteiger charge is -2.36. The number of benzene rings is 2. The van der Waals surface area contributed by atoms with Crippen LogP contribution < -0.4 is 24.3 Å². The summed E-state index contributed by atoms with van der Waals surface area (Å²) >= 11 is 0. The van der Waals surface area contributed by atoms with Crippen LogP contribution in [-0.2, 0) is 14.3 Å². The summed E-state index contributed by atoms with van der Waals surface area (Å²) in [4.78, 5) is 29.7. The highest BCUT2D eigenvalue weighted by molar-refractivity contribution is 5.91. The zero-order valence-electron chi connectivity index (χ0n) is 23.1. The minimum atomic E-state index is -0.901. The fourth-order valence-corrected chi connectivity index (χ4v) is 5.20. The molecule has 4 rings (SSSR count). The number of fused-ring (bicyclic) bond motifs is 1. The van der Waals surface area contributed by atoms with Crippen LogP contribution in [0.25, 0.3) is 0 Å². The minimum absolute atomic E-state index is 0.0563. The molecule has 1 aliphatic heterocycles. The molecule has 1 N–H and O–H groups in total. The fourth-order valence-electron chi connectivity index (χ4n) is 5.20. The molecule has 1 heterocycles. The van der Waals surface area contributed by atoms with E-state index in [9.17, 15) is 9.59 Å². The smallest absolute Gasteiger partial charge is 0.268 e. The molecule has 0 spiro atoms. The molecular formula is C30H40N2O7. The first-order chi connectivity index (χ1) is 19.0. The normalized spacial score (nSPS) is 17.7. The molecule has 2 amide bonds. The van der Waals surface area contributed by atoms with Crippen molar-refractivity contribution in [1.82, 2.24) is 10.2 Å². The van der Waals surface area contributed by atoms with Crippen LogP contribution >= 0.6 is 0 Å². The van der Waals surface area contributed by atoms with E-state index < -0.39 is 12.1 Å². The summed E-state index contributed by atoms with van der Waals surface area (Å²) in [6.07, 6.45) is 4.86. The Labute approximate surface area is 230 Å². The average molecular weight is 541 g/mol. The molecule has 39 heavy (non-hydrogen) atoms. The van der Waals surface area contributed by atoms with Crippen molar-refractivity contribution < 1.29 is 33.3 Å². The van der Waals surface area contributed by atoms with E-state index in [4.69, 9.17) is 23.7 Å². The molecule has 2 aromatic rings. The second kappa shape index (κ2) is 14.1. The lowest BCUT2D eigenvalue weighted by molar-refractivity contribution is -0.149. The van der Waals surface area contributed by atoms with Crippen LogP contribution in [0.3, 0.4) is 0 Å². The summed E-state index contributed by atoms with van der Waals surface area (Å²) in [6, 6.07) is 11.8. The van der Waals surface area contributed by atoms with Gasteiger partial charge in [0.25, 0.3) is 5.91 Å². The van der Waals surface area contributed by atoms with E-state index in [0.717, 1.165) is 25.7 Å². The molecule has 1 aliphatic carbocycles. The summed E-state index contributed by atoms with van der Waals surface area (Å²) < 4.78 is 28.4. The Bertz CT molecular complexity index is 1100. The lowest BCUT2D eigenvalue weighted by atomic mass is 9.94. The first-order valence-electron chi connectivity index (χ1n) is 13.8. The zero-order chi connectivity index (χ0) is 27.6. The predicted molar refractivity (Wildman–Crippen MR) is 146 cm³/mol. The van der Waals surface area contributed by atoms with Gasteiger partial charge in [0.05, 0.1) is 14.2 Å². The van der Waals surface area contributed by atoms with E-state index in [-0.39, 0.29) is 24.5 Å². The Balaban J connectivity index is 1.68. The Morgan fingerprint density at radius 1 is 1.03 bits per heavy atom. The molecule has 9 nitrogen and oxygen atoms in total. The fraction of sp³-hybridized carbons (Fsp3) is 0.533. The van der Waals surface area contributed by atoms with E-state index >= 15 is 0 Å². The van der Waals surface area contributed by atoms with Crippen LogP contribution in [-0.4, -0.2) is 69.4 Å². The molecule has 0 aromatic heterocycles. The molecule has 1 saturated carbocycles. The number of carbonyl (C=O) groups is 2. The third-order valence-electron chi connectivity index (χ3n) is 7.19. The summed E-state index contributed by atoms with van der Waals surface area (Å²) in [5.41, 5.74) is 0.628.